The molecule has 6 heteroatoms. The van der Waals surface area contributed by atoms with E-state index in [0.717, 1.165) is 5.56 Å². The highest BCUT2D eigenvalue weighted by molar-refractivity contribution is 7.12. The number of hydrogen-bond acceptors (Lipinski definition) is 3. The Morgan fingerprint density at radius 1 is 1.04 bits per heavy atom. The third-order valence-electron chi connectivity index (χ3n) is 4.12. The van der Waals surface area contributed by atoms with Crippen LogP contribution in [0.5, 0.6) is 11.5 Å². The van der Waals surface area contributed by atoms with E-state index in [4.69, 9.17) is 9.47 Å². The molecule has 0 fully saturated rings. The standard InChI is InChI=1S/C21H15F3O2S/c22-21(23,24)20-18(14-5-2-1-3-6-14)12-17(27-20)13-26-16-9-8-15-7-4-10-25-19(15)11-16/h1-9,11-12H,10,13H2. The minimum absolute atomic E-state index is 0.0647. The third-order valence-corrected chi connectivity index (χ3v) is 5.28. The Kier molecular flexibility index (Phi) is 4.66. The van der Waals surface area contributed by atoms with E-state index in [9.17, 15) is 13.2 Å². The van der Waals surface area contributed by atoms with Crippen molar-refractivity contribution in [2.24, 2.45) is 0 Å². The molecule has 0 unspecified atom stereocenters. The van der Waals surface area contributed by atoms with Gasteiger partial charge in [-0.25, -0.2) is 0 Å². The molecular formula is C21H15F3O2S. The highest BCUT2D eigenvalue weighted by Crippen LogP contribution is 2.43. The van der Waals surface area contributed by atoms with Gasteiger partial charge in [-0.15, -0.1) is 11.3 Å². The molecule has 0 saturated carbocycles. The summed E-state index contributed by atoms with van der Waals surface area (Å²) in [7, 11) is 0. The van der Waals surface area contributed by atoms with E-state index in [1.165, 1.54) is 0 Å². The lowest BCUT2D eigenvalue weighted by Crippen LogP contribution is -2.03. The number of halogens is 3. The molecule has 3 aromatic rings. The highest BCUT2D eigenvalue weighted by Gasteiger charge is 2.36. The van der Waals surface area contributed by atoms with Crippen molar-refractivity contribution in [3.05, 3.63) is 76.0 Å². The van der Waals surface area contributed by atoms with Crippen LogP contribution in [0.2, 0.25) is 0 Å². The number of thiophene rings is 1. The van der Waals surface area contributed by atoms with Gasteiger partial charge in [0.15, 0.2) is 0 Å². The van der Waals surface area contributed by atoms with Gasteiger partial charge in [-0.2, -0.15) is 13.2 Å². The van der Waals surface area contributed by atoms with Crippen molar-refractivity contribution in [2.45, 2.75) is 12.8 Å². The average molecular weight is 388 g/mol. The molecule has 2 aromatic carbocycles. The van der Waals surface area contributed by atoms with Crippen LogP contribution in [0.15, 0.2) is 60.7 Å². The van der Waals surface area contributed by atoms with Crippen LogP contribution in [0.3, 0.4) is 0 Å². The molecule has 1 aliphatic rings. The Bertz CT molecular complexity index is 975. The smallest absolute Gasteiger partial charge is 0.426 e. The normalized spacial score (nSPS) is 13.1. The number of fused-ring (bicyclic) bond motifs is 1. The van der Waals surface area contributed by atoms with Crippen molar-refractivity contribution < 1.29 is 22.6 Å². The zero-order valence-corrected chi connectivity index (χ0v) is 14.9. The molecule has 1 aliphatic heterocycles. The number of rotatable bonds is 4. The Labute approximate surface area is 158 Å². The minimum Gasteiger partial charge on any atom is -0.489 e. The van der Waals surface area contributed by atoms with Gasteiger partial charge in [-0.3, -0.25) is 0 Å². The van der Waals surface area contributed by atoms with E-state index < -0.39 is 11.1 Å². The van der Waals surface area contributed by atoms with Gasteiger partial charge >= 0.3 is 6.18 Å². The van der Waals surface area contributed by atoms with Crippen molar-refractivity contribution in [1.82, 2.24) is 0 Å². The molecule has 4 rings (SSSR count). The average Bonchev–Trinajstić information content (AvgIpc) is 3.12. The fourth-order valence-electron chi connectivity index (χ4n) is 2.89. The van der Waals surface area contributed by atoms with Gasteiger partial charge in [-0.1, -0.05) is 36.4 Å². The summed E-state index contributed by atoms with van der Waals surface area (Å²) < 4.78 is 51.6. The molecule has 0 atom stereocenters. The fraction of sp³-hybridized carbons (Fsp3) is 0.143. The summed E-state index contributed by atoms with van der Waals surface area (Å²) in [5, 5.41) is 0. The van der Waals surface area contributed by atoms with Gasteiger partial charge in [0.25, 0.3) is 0 Å². The number of benzene rings is 2. The van der Waals surface area contributed by atoms with E-state index in [1.54, 1.807) is 48.5 Å². The van der Waals surface area contributed by atoms with Crippen molar-refractivity contribution in [3.8, 4) is 22.6 Å². The van der Waals surface area contributed by atoms with Gasteiger partial charge in [0.1, 0.15) is 29.6 Å². The van der Waals surface area contributed by atoms with Gasteiger partial charge in [0.05, 0.1) is 0 Å². The number of alkyl halides is 3. The van der Waals surface area contributed by atoms with E-state index in [0.29, 0.717) is 39.9 Å². The Hall–Kier alpha value is -2.73. The zero-order valence-electron chi connectivity index (χ0n) is 14.1. The van der Waals surface area contributed by atoms with Crippen molar-refractivity contribution in [1.29, 1.82) is 0 Å². The predicted octanol–water partition coefficient (Wildman–Crippen LogP) is 6.42. The molecule has 0 N–H and O–H groups in total. The summed E-state index contributed by atoms with van der Waals surface area (Å²) in [6.45, 7) is 0.561. The predicted molar refractivity (Wildman–Crippen MR) is 100 cm³/mol. The Morgan fingerprint density at radius 2 is 1.85 bits per heavy atom. The molecule has 2 heterocycles. The van der Waals surface area contributed by atoms with Crippen molar-refractivity contribution in [2.75, 3.05) is 6.61 Å². The number of ether oxygens (including phenoxy) is 2. The maximum absolute atomic E-state index is 13.4. The van der Waals surface area contributed by atoms with Crippen LogP contribution >= 0.6 is 11.3 Å². The number of hydrogen-bond donors (Lipinski definition) is 0. The van der Waals surface area contributed by atoms with Crippen LogP contribution in [-0.2, 0) is 12.8 Å². The van der Waals surface area contributed by atoms with Gasteiger partial charge < -0.3 is 9.47 Å². The second-order valence-electron chi connectivity index (χ2n) is 6.02. The quantitative estimate of drug-likeness (QED) is 0.514. The molecule has 138 valence electrons. The van der Waals surface area contributed by atoms with Crippen LogP contribution in [0.25, 0.3) is 17.2 Å². The van der Waals surface area contributed by atoms with Gasteiger partial charge in [0, 0.05) is 22.1 Å². The largest absolute Gasteiger partial charge is 0.489 e. The minimum atomic E-state index is -4.40. The van der Waals surface area contributed by atoms with E-state index in [2.05, 4.69) is 0 Å². The highest BCUT2D eigenvalue weighted by atomic mass is 32.1. The summed E-state index contributed by atoms with van der Waals surface area (Å²) in [5.74, 6) is 1.27. The molecule has 27 heavy (non-hydrogen) atoms. The van der Waals surface area contributed by atoms with E-state index in [-0.39, 0.29) is 12.2 Å². The molecule has 0 amide bonds. The summed E-state index contributed by atoms with van der Waals surface area (Å²) in [4.78, 5) is -0.0917. The van der Waals surface area contributed by atoms with Crippen LogP contribution in [-0.4, -0.2) is 6.61 Å². The van der Waals surface area contributed by atoms with Crippen molar-refractivity contribution in [3.63, 3.8) is 0 Å². The summed E-state index contributed by atoms with van der Waals surface area (Å²) in [6, 6.07) is 15.6. The zero-order chi connectivity index (χ0) is 18.9. The molecule has 0 radical (unpaired) electrons. The van der Waals surface area contributed by atoms with Crippen LogP contribution < -0.4 is 9.47 Å². The second kappa shape index (κ2) is 7.12. The maximum atomic E-state index is 13.4. The van der Waals surface area contributed by atoms with Crippen LogP contribution in [0.1, 0.15) is 15.3 Å². The first kappa shape index (κ1) is 17.7. The van der Waals surface area contributed by atoms with Crippen LogP contribution in [0, 0.1) is 0 Å². The molecule has 1 aromatic heterocycles. The maximum Gasteiger partial charge on any atom is 0.426 e. The second-order valence-corrected chi connectivity index (χ2v) is 7.16. The lowest BCUT2D eigenvalue weighted by molar-refractivity contribution is -0.133. The molecule has 0 spiro atoms. The summed E-state index contributed by atoms with van der Waals surface area (Å²) >= 11 is 0.717. The lowest BCUT2D eigenvalue weighted by atomic mass is 10.1. The van der Waals surface area contributed by atoms with Crippen LogP contribution in [0.4, 0.5) is 13.2 Å². The fourth-order valence-corrected chi connectivity index (χ4v) is 3.85. The van der Waals surface area contributed by atoms with E-state index >= 15 is 0 Å². The van der Waals surface area contributed by atoms with Crippen molar-refractivity contribution >= 4 is 17.4 Å². The molecular weight excluding hydrogens is 373 g/mol. The van der Waals surface area contributed by atoms with Gasteiger partial charge in [0.2, 0.25) is 0 Å². The Balaban J connectivity index is 1.58. The summed E-state index contributed by atoms with van der Waals surface area (Å²) in [6.07, 6.45) is -0.526. The SMILES string of the molecule is FC(F)(F)c1sc(COc2ccc3c(c2)OCC=C3)cc1-c1ccccc1. The van der Waals surface area contributed by atoms with Gasteiger partial charge in [-0.05, 0) is 29.8 Å². The third kappa shape index (κ3) is 3.85. The monoisotopic (exact) mass is 388 g/mol. The molecule has 2 nitrogen and oxygen atoms in total. The Morgan fingerprint density at radius 3 is 2.63 bits per heavy atom. The first-order valence-electron chi connectivity index (χ1n) is 8.32. The first-order chi connectivity index (χ1) is 13.0. The van der Waals surface area contributed by atoms with E-state index in [1.807, 2.05) is 18.2 Å². The molecule has 0 saturated heterocycles. The topological polar surface area (TPSA) is 18.5 Å². The summed E-state index contributed by atoms with van der Waals surface area (Å²) in [5.41, 5.74) is 1.68. The molecule has 0 bridgehead atoms. The lowest BCUT2D eigenvalue weighted by Gasteiger charge is -2.13. The molecule has 0 aliphatic carbocycles. The first-order valence-corrected chi connectivity index (χ1v) is 9.14.